The molecule has 0 saturated carbocycles. The number of sulfonamides is 1. The highest BCUT2D eigenvalue weighted by molar-refractivity contribution is 7.89. The Bertz CT molecular complexity index is 895. The summed E-state index contributed by atoms with van der Waals surface area (Å²) in [6.07, 6.45) is 2.61. The third kappa shape index (κ3) is 3.30. The minimum atomic E-state index is -3.49. The van der Waals surface area contributed by atoms with Crippen molar-refractivity contribution < 1.29 is 17.6 Å². The van der Waals surface area contributed by atoms with Gasteiger partial charge in [0.05, 0.1) is 4.90 Å². The molecule has 1 atom stereocenters. The molecular formula is C18H24N2O4S. The van der Waals surface area contributed by atoms with Crippen LogP contribution < -0.4 is 5.32 Å². The molecule has 136 valence electrons. The van der Waals surface area contributed by atoms with E-state index in [9.17, 15) is 13.2 Å². The number of amides is 1. The second-order valence-corrected chi connectivity index (χ2v) is 8.55. The lowest BCUT2D eigenvalue weighted by molar-refractivity contribution is 0.0912. The third-order valence-corrected chi connectivity index (χ3v) is 6.70. The molecule has 1 unspecified atom stereocenters. The predicted molar refractivity (Wildman–Crippen MR) is 96.2 cm³/mol. The van der Waals surface area contributed by atoms with Crippen LogP contribution in [0, 0.1) is 6.92 Å². The first-order valence-electron chi connectivity index (χ1n) is 8.68. The molecule has 7 heteroatoms. The number of carbonyl (C=O) groups excluding carboxylic acids is 1. The van der Waals surface area contributed by atoms with Crippen LogP contribution in [-0.2, 0) is 10.0 Å². The molecule has 1 aliphatic rings. The van der Waals surface area contributed by atoms with E-state index in [0.717, 1.165) is 19.3 Å². The van der Waals surface area contributed by atoms with Gasteiger partial charge in [-0.3, -0.25) is 4.79 Å². The van der Waals surface area contributed by atoms with Crippen molar-refractivity contribution in [1.82, 2.24) is 9.62 Å². The molecule has 3 rings (SSSR count). The second kappa shape index (κ2) is 6.80. The molecule has 0 aliphatic carbocycles. The van der Waals surface area contributed by atoms with Crippen LogP contribution in [0.1, 0.15) is 49.2 Å². The van der Waals surface area contributed by atoms with Gasteiger partial charge < -0.3 is 9.73 Å². The maximum absolute atomic E-state index is 12.7. The number of nitrogens with zero attached hydrogens (tertiary/aromatic N) is 1. The molecule has 1 aliphatic heterocycles. The van der Waals surface area contributed by atoms with Crippen molar-refractivity contribution in [2.24, 2.45) is 0 Å². The zero-order valence-corrected chi connectivity index (χ0v) is 15.6. The van der Waals surface area contributed by atoms with Crippen molar-refractivity contribution in [3.05, 3.63) is 29.5 Å². The van der Waals surface area contributed by atoms with Gasteiger partial charge in [-0.05, 0) is 51.3 Å². The highest BCUT2D eigenvalue weighted by Gasteiger charge is 2.28. The zero-order valence-electron chi connectivity index (χ0n) is 14.8. The topological polar surface area (TPSA) is 79.6 Å². The molecular weight excluding hydrogens is 340 g/mol. The standard InChI is InChI=1S/C18H24N2O4S/c1-4-12(2)19-18(21)17-13(3)15-11-14(7-8-16(15)24-17)25(22,23)20-9-5-6-10-20/h7-8,11-12H,4-6,9-10H2,1-3H3,(H,19,21). The average molecular weight is 364 g/mol. The van der Waals surface area contributed by atoms with Gasteiger partial charge >= 0.3 is 0 Å². The maximum atomic E-state index is 12.7. The van der Waals surface area contributed by atoms with Crippen LogP contribution in [0.2, 0.25) is 0 Å². The Hall–Kier alpha value is -1.86. The van der Waals surface area contributed by atoms with Gasteiger partial charge in [-0.25, -0.2) is 8.42 Å². The molecule has 1 N–H and O–H groups in total. The van der Waals surface area contributed by atoms with Crippen LogP contribution in [0.25, 0.3) is 11.0 Å². The molecule has 6 nitrogen and oxygen atoms in total. The summed E-state index contributed by atoms with van der Waals surface area (Å²) < 4.78 is 32.7. The Labute approximate surface area is 148 Å². The molecule has 1 aromatic carbocycles. The monoisotopic (exact) mass is 364 g/mol. The van der Waals surface area contributed by atoms with E-state index < -0.39 is 10.0 Å². The summed E-state index contributed by atoms with van der Waals surface area (Å²) in [7, 11) is -3.49. The van der Waals surface area contributed by atoms with E-state index in [2.05, 4.69) is 5.32 Å². The number of benzene rings is 1. The van der Waals surface area contributed by atoms with E-state index in [1.54, 1.807) is 25.1 Å². The fraction of sp³-hybridized carbons (Fsp3) is 0.500. The second-order valence-electron chi connectivity index (χ2n) is 6.61. The fourth-order valence-corrected chi connectivity index (χ4v) is 4.59. The van der Waals surface area contributed by atoms with E-state index in [1.807, 2.05) is 13.8 Å². The van der Waals surface area contributed by atoms with Crippen LogP contribution in [0.4, 0.5) is 0 Å². The molecule has 25 heavy (non-hydrogen) atoms. The summed E-state index contributed by atoms with van der Waals surface area (Å²) in [6.45, 7) is 6.83. The highest BCUT2D eigenvalue weighted by Crippen LogP contribution is 2.29. The lowest BCUT2D eigenvalue weighted by Gasteiger charge is -2.15. The van der Waals surface area contributed by atoms with Crippen molar-refractivity contribution in [3.63, 3.8) is 0 Å². The number of nitrogens with one attached hydrogen (secondary N) is 1. The number of rotatable bonds is 5. The number of carbonyl (C=O) groups is 1. The summed E-state index contributed by atoms with van der Waals surface area (Å²) >= 11 is 0. The van der Waals surface area contributed by atoms with Crippen LogP contribution >= 0.6 is 0 Å². The van der Waals surface area contributed by atoms with Crippen molar-refractivity contribution in [3.8, 4) is 0 Å². The molecule has 0 spiro atoms. The number of fused-ring (bicyclic) bond motifs is 1. The summed E-state index contributed by atoms with van der Waals surface area (Å²) in [4.78, 5) is 12.6. The van der Waals surface area contributed by atoms with Gasteiger partial charge in [-0.2, -0.15) is 4.31 Å². The Morgan fingerprint density at radius 1 is 1.32 bits per heavy atom. The average Bonchev–Trinajstić information content (AvgIpc) is 3.23. The van der Waals surface area contributed by atoms with E-state index >= 15 is 0 Å². The van der Waals surface area contributed by atoms with E-state index in [1.165, 1.54) is 4.31 Å². The molecule has 0 radical (unpaired) electrons. The SMILES string of the molecule is CCC(C)NC(=O)c1oc2ccc(S(=O)(=O)N3CCCC3)cc2c1C. The Kier molecular flexibility index (Phi) is 4.88. The quantitative estimate of drug-likeness (QED) is 0.884. The maximum Gasteiger partial charge on any atom is 0.287 e. The first-order valence-corrected chi connectivity index (χ1v) is 10.1. The van der Waals surface area contributed by atoms with E-state index in [0.29, 0.717) is 29.6 Å². The molecule has 2 aromatic rings. The predicted octanol–water partition coefficient (Wildman–Crippen LogP) is 3.05. The smallest absolute Gasteiger partial charge is 0.287 e. The Morgan fingerprint density at radius 3 is 2.64 bits per heavy atom. The molecule has 0 bridgehead atoms. The first-order chi connectivity index (χ1) is 11.8. The summed E-state index contributed by atoms with van der Waals surface area (Å²) in [5.41, 5.74) is 1.18. The number of aryl methyl sites for hydroxylation is 1. The van der Waals surface area contributed by atoms with Crippen molar-refractivity contribution in [2.75, 3.05) is 13.1 Å². The van der Waals surface area contributed by atoms with Crippen molar-refractivity contribution in [1.29, 1.82) is 0 Å². The molecule has 1 amide bonds. The summed E-state index contributed by atoms with van der Waals surface area (Å²) in [5, 5.41) is 3.54. The van der Waals surface area contributed by atoms with Gasteiger partial charge in [0, 0.05) is 30.1 Å². The summed E-state index contributed by atoms with van der Waals surface area (Å²) in [5.74, 6) is -0.0296. The van der Waals surface area contributed by atoms with Gasteiger partial charge in [0.2, 0.25) is 10.0 Å². The van der Waals surface area contributed by atoms with Crippen LogP contribution in [0.5, 0.6) is 0 Å². The summed E-state index contributed by atoms with van der Waals surface area (Å²) in [6, 6.07) is 4.84. The van der Waals surface area contributed by atoms with Gasteiger partial charge in [0.1, 0.15) is 5.58 Å². The Morgan fingerprint density at radius 2 is 2.00 bits per heavy atom. The van der Waals surface area contributed by atoms with Crippen molar-refractivity contribution in [2.45, 2.75) is 51.0 Å². The number of furan rings is 1. The fourth-order valence-electron chi connectivity index (χ4n) is 3.05. The molecule has 1 aromatic heterocycles. The van der Waals surface area contributed by atoms with Crippen LogP contribution in [-0.4, -0.2) is 37.8 Å². The lowest BCUT2D eigenvalue weighted by atomic mass is 10.1. The van der Waals surface area contributed by atoms with Crippen molar-refractivity contribution >= 4 is 26.9 Å². The third-order valence-electron chi connectivity index (χ3n) is 4.81. The van der Waals surface area contributed by atoms with Gasteiger partial charge in [0.15, 0.2) is 5.76 Å². The van der Waals surface area contributed by atoms with Crippen LogP contribution in [0.15, 0.2) is 27.5 Å². The first kappa shape index (κ1) is 17.9. The minimum Gasteiger partial charge on any atom is -0.451 e. The zero-order chi connectivity index (χ0) is 18.2. The number of hydrogen-bond donors (Lipinski definition) is 1. The largest absolute Gasteiger partial charge is 0.451 e. The van der Waals surface area contributed by atoms with Gasteiger partial charge in [0.25, 0.3) is 5.91 Å². The number of hydrogen-bond acceptors (Lipinski definition) is 4. The van der Waals surface area contributed by atoms with Crippen LogP contribution in [0.3, 0.4) is 0 Å². The molecule has 1 saturated heterocycles. The lowest BCUT2D eigenvalue weighted by Crippen LogP contribution is -2.32. The van der Waals surface area contributed by atoms with E-state index in [-0.39, 0.29) is 22.6 Å². The van der Waals surface area contributed by atoms with Gasteiger partial charge in [-0.15, -0.1) is 0 Å². The van der Waals surface area contributed by atoms with Gasteiger partial charge in [-0.1, -0.05) is 6.92 Å². The molecule has 1 fully saturated rings. The van der Waals surface area contributed by atoms with E-state index in [4.69, 9.17) is 4.42 Å². The minimum absolute atomic E-state index is 0.0474. The Balaban J connectivity index is 1.98. The normalized spacial score (nSPS) is 17.1. The molecule has 2 heterocycles. The highest BCUT2D eigenvalue weighted by atomic mass is 32.2.